The molecule has 252 valence electrons. The van der Waals surface area contributed by atoms with Crippen molar-refractivity contribution in [2.75, 3.05) is 91.6 Å². The van der Waals surface area contributed by atoms with Gasteiger partial charge in [-0.2, -0.15) is 5.10 Å². The Hall–Kier alpha value is -3.71. The number of H-pyrrole nitrogens is 1. The number of halogens is 1. The van der Waals surface area contributed by atoms with Crippen molar-refractivity contribution >= 4 is 22.6 Å². The highest BCUT2D eigenvalue weighted by molar-refractivity contribution is 5.95. The van der Waals surface area contributed by atoms with Crippen molar-refractivity contribution in [2.24, 2.45) is 11.7 Å². The van der Waals surface area contributed by atoms with Gasteiger partial charge >= 0.3 is 0 Å². The zero-order valence-corrected chi connectivity index (χ0v) is 27.2. The predicted octanol–water partition coefficient (Wildman–Crippen LogP) is 1.62. The number of carbonyl (C=O) groups excluding carboxylic acids is 2. The summed E-state index contributed by atoms with van der Waals surface area (Å²) in [6.45, 7) is 11.4. The summed E-state index contributed by atoms with van der Waals surface area (Å²) in [5.41, 5.74) is 6.77. The van der Waals surface area contributed by atoms with Gasteiger partial charge in [0.15, 0.2) is 0 Å². The fourth-order valence-corrected chi connectivity index (χ4v) is 7.17. The van der Waals surface area contributed by atoms with Crippen LogP contribution >= 0.6 is 0 Å². The number of hydrogen-bond donors (Lipinski definition) is 2. The second-order valence-electron chi connectivity index (χ2n) is 13.2. The van der Waals surface area contributed by atoms with E-state index < -0.39 is 5.82 Å². The Morgan fingerprint density at radius 2 is 1.53 bits per heavy atom. The molecule has 0 aliphatic carbocycles. The fraction of sp³-hybridized carbons (Fsp3) is 0.543. The molecule has 6 rings (SSSR count). The monoisotopic (exact) mass is 646 g/mol. The average Bonchev–Trinajstić information content (AvgIpc) is 3.10. The predicted molar refractivity (Wildman–Crippen MR) is 180 cm³/mol. The number of benzene rings is 2. The zero-order valence-electron chi connectivity index (χ0n) is 27.2. The van der Waals surface area contributed by atoms with Crippen LogP contribution in [0.4, 0.5) is 4.39 Å². The summed E-state index contributed by atoms with van der Waals surface area (Å²) in [5.74, 6) is -0.185. The highest BCUT2D eigenvalue weighted by Crippen LogP contribution is 2.22. The van der Waals surface area contributed by atoms with Crippen molar-refractivity contribution in [3.8, 4) is 0 Å². The molecule has 3 aliphatic rings. The van der Waals surface area contributed by atoms with Crippen LogP contribution in [0.5, 0.6) is 0 Å². The van der Waals surface area contributed by atoms with Gasteiger partial charge in [0.05, 0.1) is 23.2 Å². The maximum absolute atomic E-state index is 14.9. The van der Waals surface area contributed by atoms with Crippen LogP contribution in [0.2, 0.25) is 0 Å². The highest BCUT2D eigenvalue weighted by atomic mass is 19.1. The number of rotatable bonds is 10. The number of fused-ring (bicyclic) bond motifs is 1. The summed E-state index contributed by atoms with van der Waals surface area (Å²) in [6, 6.07) is 11.7. The second-order valence-corrected chi connectivity index (χ2v) is 13.2. The van der Waals surface area contributed by atoms with Crippen molar-refractivity contribution < 1.29 is 14.0 Å². The Balaban J connectivity index is 0.953. The molecule has 2 aromatic carbocycles. The van der Waals surface area contributed by atoms with Crippen LogP contribution in [-0.4, -0.2) is 138 Å². The van der Waals surface area contributed by atoms with E-state index in [4.69, 9.17) is 5.73 Å². The third-order valence-corrected chi connectivity index (χ3v) is 10.1. The number of piperazine rings is 2. The number of amides is 2. The Kier molecular flexibility index (Phi) is 10.9. The normalized spacial score (nSPS) is 19.0. The molecule has 0 bridgehead atoms. The summed E-state index contributed by atoms with van der Waals surface area (Å²) < 4.78 is 14.9. The van der Waals surface area contributed by atoms with Gasteiger partial charge in [-0.05, 0) is 75.1 Å². The minimum atomic E-state index is -0.579. The van der Waals surface area contributed by atoms with Gasteiger partial charge in [-0.1, -0.05) is 24.3 Å². The molecule has 3 fully saturated rings. The number of nitrogens with two attached hydrogens (primary N) is 1. The van der Waals surface area contributed by atoms with Crippen LogP contribution in [0.25, 0.3) is 10.8 Å². The van der Waals surface area contributed by atoms with E-state index in [1.807, 2.05) is 17.0 Å². The third kappa shape index (κ3) is 8.24. The van der Waals surface area contributed by atoms with Gasteiger partial charge in [0.1, 0.15) is 5.82 Å². The molecule has 2 amide bonds. The van der Waals surface area contributed by atoms with Crippen LogP contribution in [0.3, 0.4) is 0 Å². The van der Waals surface area contributed by atoms with E-state index in [9.17, 15) is 18.8 Å². The van der Waals surface area contributed by atoms with Crippen LogP contribution < -0.4 is 11.3 Å². The lowest BCUT2D eigenvalue weighted by Crippen LogP contribution is -2.53. The second kappa shape index (κ2) is 15.5. The smallest absolute Gasteiger partial charge is 0.272 e. The van der Waals surface area contributed by atoms with Crippen molar-refractivity contribution in [2.45, 2.75) is 25.7 Å². The Morgan fingerprint density at radius 1 is 0.851 bits per heavy atom. The van der Waals surface area contributed by atoms with Crippen LogP contribution in [0.1, 0.15) is 40.9 Å². The molecule has 0 saturated carbocycles. The van der Waals surface area contributed by atoms with E-state index >= 15 is 0 Å². The maximum Gasteiger partial charge on any atom is 0.272 e. The molecule has 1 aromatic heterocycles. The molecule has 3 aliphatic heterocycles. The number of carbonyl (C=O) groups is 2. The topological polar surface area (TPSA) is 122 Å². The SMILES string of the molecule is NCCCN1CCN(CC2CCN(CC(=O)N3CCN(C(=O)c4cc(Cc5n[nH]c(=O)c6ccccc56)ccc4F)CC3)CC2)CC1. The van der Waals surface area contributed by atoms with E-state index in [1.54, 1.807) is 29.2 Å². The van der Waals surface area contributed by atoms with Gasteiger partial charge < -0.3 is 25.3 Å². The molecule has 47 heavy (non-hydrogen) atoms. The molecular weight excluding hydrogens is 599 g/mol. The third-order valence-electron chi connectivity index (χ3n) is 10.1. The van der Waals surface area contributed by atoms with Gasteiger partial charge in [-0.15, -0.1) is 0 Å². The number of aromatic nitrogens is 2. The standard InChI is InChI=1S/C35H47FN8O3/c36-31-7-6-27(23-32-28-4-1-2-5-29(28)34(46)39-38-32)22-30(31)35(47)44-20-18-43(19-21-44)33(45)25-41-12-8-26(9-13-41)24-42-16-14-40(15-17-42)11-3-10-37/h1-2,4-7,22,26H,3,8-21,23-25,37H2,(H,39,46). The molecule has 3 aromatic rings. The summed E-state index contributed by atoms with van der Waals surface area (Å²) in [7, 11) is 0. The molecule has 11 nitrogen and oxygen atoms in total. The van der Waals surface area contributed by atoms with Crippen molar-refractivity contribution in [1.82, 2.24) is 34.7 Å². The maximum atomic E-state index is 14.9. The summed E-state index contributed by atoms with van der Waals surface area (Å²) in [5, 5.41) is 8.01. The quantitative estimate of drug-likeness (QED) is 0.341. The first-order valence-electron chi connectivity index (χ1n) is 17.1. The van der Waals surface area contributed by atoms with E-state index in [0.717, 1.165) is 89.1 Å². The minimum absolute atomic E-state index is 0.00681. The molecule has 3 N–H and O–H groups in total. The first-order valence-corrected chi connectivity index (χ1v) is 17.1. The van der Waals surface area contributed by atoms with Gasteiger partial charge in [-0.25, -0.2) is 9.49 Å². The van der Waals surface area contributed by atoms with E-state index in [2.05, 4.69) is 24.9 Å². The molecule has 0 radical (unpaired) electrons. The lowest BCUT2D eigenvalue weighted by Gasteiger charge is -2.39. The van der Waals surface area contributed by atoms with Gasteiger partial charge in [0.2, 0.25) is 5.91 Å². The van der Waals surface area contributed by atoms with E-state index in [1.165, 1.54) is 6.07 Å². The number of likely N-dealkylation sites (tertiary alicyclic amines) is 1. The lowest BCUT2D eigenvalue weighted by atomic mass is 9.96. The highest BCUT2D eigenvalue weighted by Gasteiger charge is 2.29. The molecule has 0 atom stereocenters. The summed E-state index contributed by atoms with van der Waals surface area (Å²) >= 11 is 0. The fourth-order valence-electron chi connectivity index (χ4n) is 7.17. The van der Waals surface area contributed by atoms with Gasteiger partial charge in [0.25, 0.3) is 11.5 Å². The molecule has 0 spiro atoms. The number of nitrogens with one attached hydrogen (secondary N) is 1. The molecule has 12 heteroatoms. The largest absolute Gasteiger partial charge is 0.338 e. The number of nitrogens with zero attached hydrogens (tertiary/aromatic N) is 6. The first kappa shape index (κ1) is 33.2. The Bertz CT molecular complexity index is 1590. The van der Waals surface area contributed by atoms with E-state index in [-0.39, 0.29) is 22.9 Å². The average molecular weight is 647 g/mol. The number of aromatic amines is 1. The van der Waals surface area contributed by atoms with E-state index in [0.29, 0.717) is 56.1 Å². The van der Waals surface area contributed by atoms with Crippen LogP contribution in [0, 0.1) is 11.7 Å². The zero-order chi connectivity index (χ0) is 32.8. The summed E-state index contributed by atoms with van der Waals surface area (Å²) in [6.07, 6.45) is 3.63. The van der Waals surface area contributed by atoms with Gasteiger partial charge in [-0.3, -0.25) is 19.3 Å². The minimum Gasteiger partial charge on any atom is -0.338 e. The molecular formula is C35H47FN8O3. The Labute approximate surface area is 275 Å². The molecule has 0 unspecified atom stereocenters. The number of piperidine rings is 1. The van der Waals surface area contributed by atoms with Crippen LogP contribution in [-0.2, 0) is 11.2 Å². The molecule has 3 saturated heterocycles. The number of hydrogen-bond acceptors (Lipinski definition) is 8. The summed E-state index contributed by atoms with van der Waals surface area (Å²) in [4.78, 5) is 49.6. The van der Waals surface area contributed by atoms with Crippen molar-refractivity contribution in [3.05, 3.63) is 75.5 Å². The first-order chi connectivity index (χ1) is 22.9. The lowest BCUT2D eigenvalue weighted by molar-refractivity contribution is -0.134. The van der Waals surface area contributed by atoms with Crippen molar-refractivity contribution in [3.63, 3.8) is 0 Å². The Morgan fingerprint density at radius 3 is 2.26 bits per heavy atom. The van der Waals surface area contributed by atoms with Crippen molar-refractivity contribution in [1.29, 1.82) is 0 Å². The van der Waals surface area contributed by atoms with Crippen LogP contribution in [0.15, 0.2) is 47.3 Å². The molecule has 4 heterocycles. The van der Waals surface area contributed by atoms with Gasteiger partial charge in [0, 0.05) is 70.7 Å².